The minimum atomic E-state index is -0.456. The molecule has 6 nitrogen and oxygen atoms in total. The average molecular weight is 905 g/mol. The first-order valence-corrected chi connectivity index (χ1v) is 25.1. The summed E-state index contributed by atoms with van der Waals surface area (Å²) in [6.45, 7) is -0.0586. The van der Waals surface area contributed by atoms with Gasteiger partial charge in [-0.15, -0.1) is 0 Å². The normalized spacial score (nSPS) is 11.3. The highest BCUT2D eigenvalue weighted by molar-refractivity contribution is 7.43. The van der Waals surface area contributed by atoms with Gasteiger partial charge < -0.3 is 18.9 Å². The van der Waals surface area contributed by atoms with Gasteiger partial charge in [0.25, 0.3) is 0 Å². The second kappa shape index (κ2) is 19.9. The van der Waals surface area contributed by atoms with Crippen LogP contribution in [0.25, 0.3) is 62.6 Å². The minimum absolute atomic E-state index is 0.0975. The molecule has 10 rings (SSSR count). The van der Waals surface area contributed by atoms with Crippen molar-refractivity contribution in [3.8, 4) is 33.8 Å². The summed E-state index contributed by atoms with van der Waals surface area (Å²) < 4.78 is 28.9. The topological polar surface area (TPSA) is 71.1 Å². The fourth-order valence-corrected chi connectivity index (χ4v) is 13.6. The van der Waals surface area contributed by atoms with Crippen LogP contribution in [0.2, 0.25) is 0 Å². The number of hydrogen-bond acceptors (Lipinski definition) is 6. The molecule has 0 unspecified atom stereocenters. The SMILES string of the molecule is O=C(COc1cc(C[s+]2c3ccccc3c3ccccc32)ccc1-c1ccccc1)OCCCCOC(=O)COc1ccc(C[s+]2c3ccccc3c3ccccc32)cc1-c1ccccc1. The zero-order valence-electron chi connectivity index (χ0n) is 36.4. The van der Waals surface area contributed by atoms with Crippen LogP contribution in [0, 0.1) is 0 Å². The molecule has 0 aliphatic carbocycles. The third-order valence-corrected chi connectivity index (χ3v) is 16.6. The van der Waals surface area contributed by atoms with Gasteiger partial charge in [-0.3, -0.25) is 0 Å². The molecule has 0 spiro atoms. The number of rotatable bonds is 17. The van der Waals surface area contributed by atoms with Crippen LogP contribution >= 0.6 is 20.9 Å². The first-order chi connectivity index (χ1) is 32.6. The predicted octanol–water partition coefficient (Wildman–Crippen LogP) is 14.6. The van der Waals surface area contributed by atoms with Gasteiger partial charge in [0, 0.05) is 43.8 Å². The van der Waals surface area contributed by atoms with Crippen molar-refractivity contribution >= 4 is 73.2 Å². The number of fused-ring (bicyclic) bond motifs is 6. The second-order valence-electron chi connectivity index (χ2n) is 16.2. The van der Waals surface area contributed by atoms with E-state index in [1.54, 1.807) is 0 Å². The molecule has 0 saturated carbocycles. The number of carbonyl (C=O) groups is 2. The molecule has 0 radical (unpaired) electrons. The van der Waals surface area contributed by atoms with Crippen LogP contribution < -0.4 is 9.47 Å². The Morgan fingerprint density at radius 3 is 1.26 bits per heavy atom. The Labute approximate surface area is 389 Å². The van der Waals surface area contributed by atoms with Gasteiger partial charge in [-0.05, 0) is 112 Å². The van der Waals surface area contributed by atoms with E-state index in [0.717, 1.165) is 39.3 Å². The van der Waals surface area contributed by atoms with Crippen LogP contribution in [0.3, 0.4) is 0 Å². The second-order valence-corrected chi connectivity index (χ2v) is 20.1. The maximum Gasteiger partial charge on any atom is 0.344 e. The number of ether oxygens (including phenoxy) is 4. The van der Waals surface area contributed by atoms with Crippen molar-refractivity contribution < 1.29 is 28.5 Å². The van der Waals surface area contributed by atoms with E-state index in [0.29, 0.717) is 24.3 Å². The van der Waals surface area contributed by atoms with E-state index in [-0.39, 0.29) is 47.4 Å². The maximum atomic E-state index is 13.0. The van der Waals surface area contributed by atoms with Gasteiger partial charge in [0.05, 0.1) is 13.2 Å². The molecule has 326 valence electrons. The van der Waals surface area contributed by atoms with Crippen molar-refractivity contribution in [2.45, 2.75) is 24.3 Å². The van der Waals surface area contributed by atoms with Crippen molar-refractivity contribution in [2.75, 3.05) is 26.4 Å². The van der Waals surface area contributed by atoms with E-state index in [1.165, 1.54) is 45.9 Å². The van der Waals surface area contributed by atoms with Crippen molar-refractivity contribution in [3.05, 3.63) is 205 Å². The first kappa shape index (κ1) is 42.7. The van der Waals surface area contributed by atoms with E-state index in [2.05, 4.69) is 140 Å². The van der Waals surface area contributed by atoms with Crippen LogP contribution in [0.5, 0.6) is 11.5 Å². The van der Waals surface area contributed by atoms with Gasteiger partial charge in [-0.2, -0.15) is 0 Å². The predicted molar refractivity (Wildman–Crippen MR) is 272 cm³/mol. The molecule has 0 amide bonds. The van der Waals surface area contributed by atoms with E-state index in [1.807, 2.05) is 54.6 Å². The van der Waals surface area contributed by atoms with E-state index in [9.17, 15) is 9.59 Å². The lowest BCUT2D eigenvalue weighted by Gasteiger charge is -2.13. The van der Waals surface area contributed by atoms with Gasteiger partial charge >= 0.3 is 11.9 Å². The molecule has 0 saturated heterocycles. The number of carbonyl (C=O) groups excluding carboxylic acids is 2. The Bertz CT molecular complexity index is 3210. The summed E-state index contributed by atoms with van der Waals surface area (Å²) in [7, 11) is -0.224. The zero-order valence-corrected chi connectivity index (χ0v) is 38.0. The molecule has 0 atom stereocenters. The summed E-state index contributed by atoms with van der Waals surface area (Å²) in [5.74, 6) is 2.05. The van der Waals surface area contributed by atoms with Crippen LogP contribution in [-0.4, -0.2) is 38.4 Å². The van der Waals surface area contributed by atoms with Gasteiger partial charge in [-0.25, -0.2) is 9.59 Å². The van der Waals surface area contributed by atoms with Gasteiger partial charge in [-0.1, -0.05) is 127 Å². The van der Waals surface area contributed by atoms with Gasteiger partial charge in [0.1, 0.15) is 11.5 Å². The van der Waals surface area contributed by atoms with Crippen LogP contribution in [0.1, 0.15) is 24.0 Å². The Hall–Kier alpha value is -7.26. The van der Waals surface area contributed by atoms with E-state index >= 15 is 0 Å². The number of esters is 2. The molecule has 2 aromatic heterocycles. The minimum Gasteiger partial charge on any atom is -0.481 e. The Morgan fingerprint density at radius 1 is 0.379 bits per heavy atom. The lowest BCUT2D eigenvalue weighted by molar-refractivity contribution is -0.148. The summed E-state index contributed by atoms with van der Waals surface area (Å²) in [4.78, 5) is 25.8. The lowest BCUT2D eigenvalue weighted by atomic mass is 10.0. The van der Waals surface area contributed by atoms with Gasteiger partial charge in [0.2, 0.25) is 0 Å². The van der Waals surface area contributed by atoms with Crippen LogP contribution in [0.15, 0.2) is 194 Å². The molecule has 2 heterocycles. The highest BCUT2D eigenvalue weighted by Crippen LogP contribution is 2.47. The molecule has 0 aliphatic rings. The Morgan fingerprint density at radius 2 is 0.773 bits per heavy atom. The highest BCUT2D eigenvalue weighted by Gasteiger charge is 2.24. The molecule has 0 aliphatic heterocycles. The average Bonchev–Trinajstić information content (AvgIpc) is 3.86. The van der Waals surface area contributed by atoms with Crippen LogP contribution in [-0.2, 0) is 30.6 Å². The van der Waals surface area contributed by atoms with Crippen molar-refractivity contribution in [3.63, 3.8) is 0 Å². The van der Waals surface area contributed by atoms with Gasteiger partial charge in [0.15, 0.2) is 43.5 Å². The Balaban J connectivity index is 0.720. The molecule has 10 aromatic rings. The van der Waals surface area contributed by atoms with E-state index < -0.39 is 11.9 Å². The summed E-state index contributed by atoms with van der Waals surface area (Å²) in [5, 5.41) is 5.22. The fraction of sp³-hybridized carbons (Fsp3) is 0.138. The number of hydrogen-bond donors (Lipinski definition) is 0. The summed E-state index contributed by atoms with van der Waals surface area (Å²) in [6, 6.07) is 67.5. The van der Waals surface area contributed by atoms with E-state index in [4.69, 9.17) is 18.9 Å². The molecule has 0 bridgehead atoms. The molecule has 8 heteroatoms. The first-order valence-electron chi connectivity index (χ1n) is 22.3. The number of thiophene rings is 2. The smallest absolute Gasteiger partial charge is 0.344 e. The summed E-state index contributed by atoms with van der Waals surface area (Å²) in [5.41, 5.74) is 6.21. The molecule has 0 fully saturated rings. The summed E-state index contributed by atoms with van der Waals surface area (Å²) in [6.07, 6.45) is 1.07. The monoisotopic (exact) mass is 904 g/mol. The standard InChI is InChI=1S/C58H48O6S2/c59-57(37-63-51-32-30-41(35-50(51)44-19-5-2-6-20-44)39-65-53-25-11-7-21-46(53)47-22-8-12-26-54(47)65)61-33-15-16-34-62-58(60)38-64-52-36-42(29-31-45(52)43-17-3-1-4-18-43)40-66-55-27-13-9-23-48(55)49-24-10-14-28-56(49)66/h1-14,17-32,35-36H,15-16,33-34,37-40H2/q+2. The van der Waals surface area contributed by atoms with Crippen molar-refractivity contribution in [2.24, 2.45) is 0 Å². The molecule has 66 heavy (non-hydrogen) atoms. The lowest BCUT2D eigenvalue weighted by Crippen LogP contribution is -2.17. The molecule has 8 aromatic carbocycles. The number of unbranched alkanes of at least 4 members (excludes halogenated alkanes) is 1. The Kier molecular flexibility index (Phi) is 12.8. The fourth-order valence-electron chi connectivity index (χ4n) is 8.70. The summed E-state index contributed by atoms with van der Waals surface area (Å²) >= 11 is 0. The van der Waals surface area contributed by atoms with Crippen molar-refractivity contribution in [1.29, 1.82) is 0 Å². The largest absolute Gasteiger partial charge is 0.481 e. The van der Waals surface area contributed by atoms with Crippen molar-refractivity contribution in [1.82, 2.24) is 0 Å². The maximum absolute atomic E-state index is 13.0. The third-order valence-electron chi connectivity index (χ3n) is 11.8. The molecular formula is C58H48O6S2+2. The zero-order chi connectivity index (χ0) is 44.7. The number of benzene rings is 8. The quantitative estimate of drug-likeness (QED) is 0.0515. The third kappa shape index (κ3) is 9.29. The van der Waals surface area contributed by atoms with Crippen LogP contribution in [0.4, 0.5) is 0 Å². The molecule has 0 N–H and O–H groups in total. The molecular weight excluding hydrogens is 857 g/mol. The highest BCUT2D eigenvalue weighted by atomic mass is 32.2.